The highest BCUT2D eigenvalue weighted by molar-refractivity contribution is 5.84. The van der Waals surface area contributed by atoms with Crippen LogP contribution in [0.4, 0.5) is 0 Å². The van der Waals surface area contributed by atoms with E-state index >= 15 is 0 Å². The van der Waals surface area contributed by atoms with E-state index in [-0.39, 0.29) is 11.9 Å². The molecule has 2 unspecified atom stereocenters. The van der Waals surface area contributed by atoms with E-state index in [0.717, 1.165) is 13.0 Å². The van der Waals surface area contributed by atoms with Gasteiger partial charge in [-0.2, -0.15) is 0 Å². The fourth-order valence-electron chi connectivity index (χ4n) is 1.73. The molecule has 2 rings (SSSR count). The smallest absolute Gasteiger partial charge is 0.378 e. The third kappa shape index (κ3) is 2.06. The fraction of sp³-hybridized carbons (Fsp3) is 0.700. The Morgan fingerprint density at radius 3 is 3.12 bits per heavy atom. The number of carbonyl (C=O) groups excluding carboxylic acids is 1. The maximum absolute atomic E-state index is 11.3. The number of H-pyrrole nitrogens is 1. The molecule has 0 saturated carbocycles. The average molecular weight is 225 g/mol. The van der Waals surface area contributed by atoms with Crippen molar-refractivity contribution in [2.45, 2.75) is 26.4 Å². The van der Waals surface area contributed by atoms with Gasteiger partial charge < -0.3 is 9.47 Å². The zero-order valence-electron chi connectivity index (χ0n) is 9.40. The van der Waals surface area contributed by atoms with Crippen LogP contribution in [0.3, 0.4) is 0 Å². The summed E-state index contributed by atoms with van der Waals surface area (Å²) in [5.74, 6) is 0.561. The van der Waals surface area contributed by atoms with Crippen LogP contribution in [0, 0.1) is 5.92 Å². The summed E-state index contributed by atoms with van der Waals surface area (Å²) >= 11 is 0. The molecule has 1 fully saturated rings. The largest absolute Gasteiger partial charge is 0.460 e. The summed E-state index contributed by atoms with van der Waals surface area (Å²) in [5.41, 5.74) is 0. The summed E-state index contributed by atoms with van der Waals surface area (Å²) in [6, 6.07) is 0. The molecule has 1 aromatic heterocycles. The summed E-state index contributed by atoms with van der Waals surface area (Å²) in [6.45, 7) is 4.87. The molecule has 2 heterocycles. The van der Waals surface area contributed by atoms with E-state index in [1.54, 1.807) is 6.92 Å². The molecule has 0 spiro atoms. The molecule has 0 aromatic carbocycles. The third-order valence-electron chi connectivity index (χ3n) is 2.62. The van der Waals surface area contributed by atoms with Gasteiger partial charge in [0.25, 0.3) is 5.82 Å². The van der Waals surface area contributed by atoms with Crippen molar-refractivity contribution in [2.75, 3.05) is 13.2 Å². The van der Waals surface area contributed by atoms with Gasteiger partial charge in [-0.25, -0.2) is 9.78 Å². The first-order chi connectivity index (χ1) is 7.72. The summed E-state index contributed by atoms with van der Waals surface area (Å²) in [5, 5.41) is 6.55. The van der Waals surface area contributed by atoms with E-state index in [1.807, 2.05) is 0 Å². The minimum absolute atomic E-state index is 0.0690. The molecule has 1 aliphatic heterocycles. The molecule has 0 bridgehead atoms. The molecule has 0 radical (unpaired) electrons. The van der Waals surface area contributed by atoms with Gasteiger partial charge in [0, 0.05) is 6.61 Å². The van der Waals surface area contributed by atoms with E-state index in [2.05, 4.69) is 22.1 Å². The van der Waals surface area contributed by atoms with Gasteiger partial charge in [-0.05, 0) is 19.3 Å². The number of carbonyl (C=O) groups is 1. The number of ether oxygens (including phenoxy) is 2. The minimum Gasteiger partial charge on any atom is -0.460 e. The Balaban J connectivity index is 2.10. The van der Waals surface area contributed by atoms with Gasteiger partial charge in [0.15, 0.2) is 5.82 Å². The van der Waals surface area contributed by atoms with Gasteiger partial charge in [-0.1, -0.05) is 6.92 Å². The highest BCUT2D eigenvalue weighted by Gasteiger charge is 2.29. The van der Waals surface area contributed by atoms with Crippen molar-refractivity contribution >= 4 is 5.97 Å². The topological polar surface area (TPSA) is 77.1 Å². The van der Waals surface area contributed by atoms with E-state index in [0.29, 0.717) is 18.3 Å². The maximum Gasteiger partial charge on any atom is 0.378 e. The normalized spacial score (nSPS) is 24.6. The average Bonchev–Trinajstić information content (AvgIpc) is 2.86. The van der Waals surface area contributed by atoms with Gasteiger partial charge in [-0.15, -0.1) is 5.10 Å². The van der Waals surface area contributed by atoms with E-state index in [9.17, 15) is 4.79 Å². The second-order valence-electron chi connectivity index (χ2n) is 3.82. The predicted molar refractivity (Wildman–Crippen MR) is 54.8 cm³/mol. The predicted octanol–water partition coefficient (Wildman–Crippen LogP) is 1.08. The molecule has 1 saturated heterocycles. The van der Waals surface area contributed by atoms with Gasteiger partial charge in [-0.3, -0.25) is 5.10 Å². The Labute approximate surface area is 93.4 Å². The molecule has 1 N–H and O–H groups in total. The SMILES string of the molecule is CCOC(=O)c1n[nH]c(C2OCCC2C)n1. The Hall–Kier alpha value is -1.43. The van der Waals surface area contributed by atoms with Crippen molar-refractivity contribution < 1.29 is 14.3 Å². The molecule has 88 valence electrons. The number of hydrogen-bond acceptors (Lipinski definition) is 5. The van der Waals surface area contributed by atoms with Crippen molar-refractivity contribution in [3.8, 4) is 0 Å². The van der Waals surface area contributed by atoms with Gasteiger partial charge in [0.1, 0.15) is 6.10 Å². The lowest BCUT2D eigenvalue weighted by Gasteiger charge is -2.09. The molecule has 1 aromatic rings. The second-order valence-corrected chi connectivity index (χ2v) is 3.82. The highest BCUT2D eigenvalue weighted by Crippen LogP contribution is 2.31. The lowest BCUT2D eigenvalue weighted by Crippen LogP contribution is -2.08. The number of rotatable bonds is 3. The monoisotopic (exact) mass is 225 g/mol. The Bertz CT molecular complexity index is 377. The molecular weight excluding hydrogens is 210 g/mol. The van der Waals surface area contributed by atoms with Crippen LogP contribution in [-0.4, -0.2) is 34.4 Å². The number of aromatic amines is 1. The van der Waals surface area contributed by atoms with Crippen LogP contribution in [0.15, 0.2) is 0 Å². The minimum atomic E-state index is -0.504. The first-order valence-corrected chi connectivity index (χ1v) is 5.43. The molecule has 2 atom stereocenters. The lowest BCUT2D eigenvalue weighted by atomic mass is 10.0. The fourth-order valence-corrected chi connectivity index (χ4v) is 1.73. The number of esters is 1. The number of aromatic nitrogens is 3. The zero-order valence-corrected chi connectivity index (χ0v) is 9.40. The zero-order chi connectivity index (χ0) is 11.5. The van der Waals surface area contributed by atoms with Crippen LogP contribution < -0.4 is 0 Å². The van der Waals surface area contributed by atoms with Gasteiger partial charge >= 0.3 is 5.97 Å². The van der Waals surface area contributed by atoms with Crippen molar-refractivity contribution in [1.29, 1.82) is 0 Å². The van der Waals surface area contributed by atoms with Crippen LogP contribution in [0.1, 0.15) is 42.8 Å². The van der Waals surface area contributed by atoms with Crippen molar-refractivity contribution in [2.24, 2.45) is 5.92 Å². The summed E-state index contributed by atoms with van der Waals surface area (Å²) in [4.78, 5) is 15.4. The highest BCUT2D eigenvalue weighted by atomic mass is 16.5. The molecule has 16 heavy (non-hydrogen) atoms. The molecule has 6 heteroatoms. The first kappa shape index (κ1) is 11.1. The number of nitrogens with zero attached hydrogens (tertiary/aromatic N) is 2. The van der Waals surface area contributed by atoms with Crippen molar-refractivity contribution in [3.05, 3.63) is 11.6 Å². The molecule has 1 aliphatic rings. The standard InChI is InChI=1S/C10H15N3O3/c1-3-15-10(14)9-11-8(12-13-9)7-6(2)4-5-16-7/h6-7H,3-5H2,1-2H3,(H,11,12,13). The van der Waals surface area contributed by atoms with Gasteiger partial charge in [0.05, 0.1) is 6.61 Å². The van der Waals surface area contributed by atoms with Crippen LogP contribution in [0.25, 0.3) is 0 Å². The summed E-state index contributed by atoms with van der Waals surface area (Å²) in [7, 11) is 0. The summed E-state index contributed by atoms with van der Waals surface area (Å²) in [6.07, 6.45) is 0.913. The van der Waals surface area contributed by atoms with Crippen molar-refractivity contribution in [3.63, 3.8) is 0 Å². The Morgan fingerprint density at radius 2 is 2.50 bits per heavy atom. The summed E-state index contributed by atoms with van der Waals surface area (Å²) < 4.78 is 10.3. The lowest BCUT2D eigenvalue weighted by molar-refractivity contribution is 0.0511. The van der Waals surface area contributed by atoms with Crippen LogP contribution in [-0.2, 0) is 9.47 Å². The van der Waals surface area contributed by atoms with E-state index in [4.69, 9.17) is 9.47 Å². The molecule has 0 aliphatic carbocycles. The Morgan fingerprint density at radius 1 is 1.69 bits per heavy atom. The van der Waals surface area contributed by atoms with E-state index in [1.165, 1.54) is 0 Å². The quantitative estimate of drug-likeness (QED) is 0.779. The van der Waals surface area contributed by atoms with Crippen molar-refractivity contribution in [1.82, 2.24) is 15.2 Å². The molecular formula is C10H15N3O3. The van der Waals surface area contributed by atoms with Crippen LogP contribution in [0.5, 0.6) is 0 Å². The molecule has 0 amide bonds. The second kappa shape index (κ2) is 4.61. The number of nitrogens with one attached hydrogen (secondary N) is 1. The molecule has 6 nitrogen and oxygen atoms in total. The van der Waals surface area contributed by atoms with Crippen LogP contribution >= 0.6 is 0 Å². The first-order valence-electron chi connectivity index (χ1n) is 5.43. The maximum atomic E-state index is 11.3. The Kier molecular flexibility index (Phi) is 3.19. The van der Waals surface area contributed by atoms with Gasteiger partial charge in [0.2, 0.25) is 0 Å². The van der Waals surface area contributed by atoms with E-state index < -0.39 is 5.97 Å². The third-order valence-corrected chi connectivity index (χ3v) is 2.62. The number of hydrogen-bond donors (Lipinski definition) is 1. The van der Waals surface area contributed by atoms with Crippen LogP contribution in [0.2, 0.25) is 0 Å².